The van der Waals surface area contributed by atoms with Crippen LogP contribution in [-0.2, 0) is 0 Å². The average Bonchev–Trinajstić information content (AvgIpc) is 2.31. The Morgan fingerprint density at radius 3 is 2.60 bits per heavy atom. The van der Waals surface area contributed by atoms with E-state index in [-0.39, 0.29) is 0 Å². The molecule has 2 aromatic rings. The van der Waals surface area contributed by atoms with Gasteiger partial charge in [-0.05, 0) is 46.4 Å². The van der Waals surface area contributed by atoms with E-state index in [0.29, 0.717) is 5.56 Å². The van der Waals surface area contributed by atoms with Crippen LogP contribution in [0.25, 0.3) is 11.1 Å². The van der Waals surface area contributed by atoms with E-state index in [2.05, 4.69) is 38.6 Å². The predicted octanol–water partition coefficient (Wildman–Crippen LogP) is 2.62. The fourth-order valence-corrected chi connectivity index (χ4v) is 1.90. The number of benzene rings is 1. The number of hydrogen-bond acceptors (Lipinski definition) is 3. The molecule has 0 aliphatic heterocycles. The van der Waals surface area contributed by atoms with E-state index in [1.54, 1.807) is 18.5 Å². The molecule has 72 valence electrons. The zero-order chi connectivity index (χ0) is 10.7. The summed E-state index contributed by atoms with van der Waals surface area (Å²) in [7, 11) is 0. The Balaban J connectivity index is 2.58. The van der Waals surface area contributed by atoms with E-state index in [1.165, 1.54) is 6.33 Å². The molecule has 0 atom stereocenters. The van der Waals surface area contributed by atoms with Gasteiger partial charge in [-0.3, -0.25) is 0 Å². The Bertz CT molecular complexity index is 517. The van der Waals surface area contributed by atoms with Crippen molar-refractivity contribution in [2.75, 3.05) is 0 Å². The van der Waals surface area contributed by atoms with Crippen LogP contribution in [0.4, 0.5) is 0 Å². The van der Waals surface area contributed by atoms with Gasteiger partial charge in [0.05, 0.1) is 11.6 Å². The van der Waals surface area contributed by atoms with Crippen molar-refractivity contribution in [1.29, 1.82) is 5.26 Å². The van der Waals surface area contributed by atoms with Crippen LogP contribution in [0.2, 0.25) is 0 Å². The van der Waals surface area contributed by atoms with Crippen molar-refractivity contribution in [1.82, 2.24) is 9.97 Å². The van der Waals surface area contributed by atoms with Crippen molar-refractivity contribution in [2.45, 2.75) is 0 Å². The van der Waals surface area contributed by atoms with E-state index in [0.717, 1.165) is 14.7 Å². The number of halogens is 1. The normalized spacial score (nSPS) is 9.60. The van der Waals surface area contributed by atoms with E-state index >= 15 is 0 Å². The van der Waals surface area contributed by atoms with Crippen LogP contribution in [0, 0.1) is 14.9 Å². The molecular weight excluding hydrogens is 301 g/mol. The van der Waals surface area contributed by atoms with Crippen molar-refractivity contribution in [2.24, 2.45) is 0 Å². The maximum atomic E-state index is 8.82. The third-order valence-electron chi connectivity index (χ3n) is 1.97. The molecule has 0 spiro atoms. The second-order valence-corrected chi connectivity index (χ2v) is 4.10. The second-order valence-electron chi connectivity index (χ2n) is 2.93. The Kier molecular flexibility index (Phi) is 2.92. The average molecular weight is 307 g/mol. The van der Waals surface area contributed by atoms with Crippen molar-refractivity contribution >= 4 is 22.6 Å². The van der Waals surface area contributed by atoms with Crippen LogP contribution in [0.15, 0.2) is 36.9 Å². The van der Waals surface area contributed by atoms with Crippen molar-refractivity contribution in [3.8, 4) is 17.2 Å². The van der Waals surface area contributed by atoms with Crippen LogP contribution in [0.1, 0.15) is 5.56 Å². The molecule has 0 aliphatic carbocycles. The van der Waals surface area contributed by atoms with Crippen LogP contribution < -0.4 is 0 Å². The van der Waals surface area contributed by atoms with Gasteiger partial charge in [0.1, 0.15) is 6.33 Å². The molecule has 3 nitrogen and oxygen atoms in total. The molecule has 0 N–H and O–H groups in total. The van der Waals surface area contributed by atoms with E-state index in [9.17, 15) is 0 Å². The Morgan fingerprint density at radius 1 is 1.20 bits per heavy atom. The fraction of sp³-hybridized carbons (Fsp3) is 0. The predicted molar refractivity (Wildman–Crippen MR) is 64.9 cm³/mol. The molecule has 0 bridgehead atoms. The highest BCUT2D eigenvalue weighted by Gasteiger charge is 2.04. The summed E-state index contributed by atoms with van der Waals surface area (Å²) < 4.78 is 1.08. The lowest BCUT2D eigenvalue weighted by Crippen LogP contribution is -1.87. The molecular formula is C11H6IN3. The molecule has 1 aromatic carbocycles. The zero-order valence-electron chi connectivity index (χ0n) is 7.68. The number of nitrogens with zero attached hydrogens (tertiary/aromatic N) is 3. The first-order valence-corrected chi connectivity index (χ1v) is 5.34. The molecule has 0 unspecified atom stereocenters. The van der Waals surface area contributed by atoms with Gasteiger partial charge in [-0.15, -0.1) is 0 Å². The molecule has 1 heterocycles. The minimum absolute atomic E-state index is 0.647. The quantitative estimate of drug-likeness (QED) is 0.761. The lowest BCUT2D eigenvalue weighted by atomic mass is 10.1. The van der Waals surface area contributed by atoms with E-state index in [4.69, 9.17) is 5.26 Å². The molecule has 0 fully saturated rings. The highest BCUT2D eigenvalue weighted by Crippen LogP contribution is 2.24. The van der Waals surface area contributed by atoms with Gasteiger partial charge < -0.3 is 0 Å². The summed E-state index contributed by atoms with van der Waals surface area (Å²) in [6.07, 6.45) is 4.97. The highest BCUT2D eigenvalue weighted by atomic mass is 127. The number of nitriles is 1. The number of aromatic nitrogens is 2. The molecule has 2 rings (SSSR count). The minimum atomic E-state index is 0.647. The van der Waals surface area contributed by atoms with Crippen molar-refractivity contribution < 1.29 is 0 Å². The Morgan fingerprint density at radius 2 is 1.93 bits per heavy atom. The van der Waals surface area contributed by atoms with Crippen LogP contribution in [0.3, 0.4) is 0 Å². The second kappa shape index (κ2) is 4.36. The fourth-order valence-electron chi connectivity index (χ4n) is 1.25. The topological polar surface area (TPSA) is 49.6 Å². The molecule has 0 saturated heterocycles. The van der Waals surface area contributed by atoms with Gasteiger partial charge in [0, 0.05) is 21.5 Å². The van der Waals surface area contributed by atoms with Gasteiger partial charge in [-0.1, -0.05) is 0 Å². The number of rotatable bonds is 1. The van der Waals surface area contributed by atoms with Gasteiger partial charge in [-0.2, -0.15) is 5.26 Å². The third kappa shape index (κ3) is 2.13. The first-order valence-electron chi connectivity index (χ1n) is 4.26. The van der Waals surface area contributed by atoms with Crippen LogP contribution >= 0.6 is 22.6 Å². The SMILES string of the molecule is N#Cc1ccc(I)c(-c2cncnc2)c1. The summed E-state index contributed by atoms with van der Waals surface area (Å²) in [5, 5.41) is 8.82. The maximum Gasteiger partial charge on any atom is 0.115 e. The van der Waals surface area contributed by atoms with Gasteiger partial charge in [0.2, 0.25) is 0 Å². The molecule has 0 radical (unpaired) electrons. The van der Waals surface area contributed by atoms with Gasteiger partial charge in [0.15, 0.2) is 0 Å². The summed E-state index contributed by atoms with van der Waals surface area (Å²) in [4.78, 5) is 7.92. The lowest BCUT2D eigenvalue weighted by molar-refractivity contribution is 1.17. The van der Waals surface area contributed by atoms with Crippen LogP contribution in [0.5, 0.6) is 0 Å². The largest absolute Gasteiger partial charge is 0.244 e. The van der Waals surface area contributed by atoms with E-state index < -0.39 is 0 Å². The summed E-state index contributed by atoms with van der Waals surface area (Å²) in [5.41, 5.74) is 2.57. The lowest BCUT2D eigenvalue weighted by Gasteiger charge is -2.03. The first-order chi connectivity index (χ1) is 7.31. The summed E-state index contributed by atoms with van der Waals surface area (Å²) >= 11 is 2.23. The maximum absolute atomic E-state index is 8.82. The van der Waals surface area contributed by atoms with Crippen LogP contribution in [-0.4, -0.2) is 9.97 Å². The van der Waals surface area contributed by atoms with E-state index in [1.807, 2.05) is 12.1 Å². The molecule has 0 aliphatic rings. The first kappa shape index (κ1) is 10.1. The van der Waals surface area contributed by atoms with Gasteiger partial charge in [-0.25, -0.2) is 9.97 Å². The summed E-state index contributed by atoms with van der Waals surface area (Å²) in [6, 6.07) is 7.69. The summed E-state index contributed by atoms with van der Waals surface area (Å²) in [5.74, 6) is 0. The van der Waals surface area contributed by atoms with Crippen molar-refractivity contribution in [3.05, 3.63) is 46.1 Å². The van der Waals surface area contributed by atoms with Crippen molar-refractivity contribution in [3.63, 3.8) is 0 Å². The monoisotopic (exact) mass is 307 g/mol. The molecule has 4 heteroatoms. The smallest absolute Gasteiger partial charge is 0.115 e. The van der Waals surface area contributed by atoms with Gasteiger partial charge in [0.25, 0.3) is 0 Å². The number of hydrogen-bond donors (Lipinski definition) is 0. The zero-order valence-corrected chi connectivity index (χ0v) is 9.84. The van der Waals surface area contributed by atoms with Gasteiger partial charge >= 0.3 is 0 Å². The summed E-state index contributed by atoms with van der Waals surface area (Å²) in [6.45, 7) is 0. The standard InChI is InChI=1S/C11H6IN3/c12-11-2-1-8(4-13)3-10(11)9-5-14-7-15-6-9/h1-3,5-7H. The highest BCUT2D eigenvalue weighted by molar-refractivity contribution is 14.1. The molecule has 15 heavy (non-hydrogen) atoms. The Hall–Kier alpha value is -1.48. The molecule has 0 saturated carbocycles. The Labute approximate surface area is 101 Å². The third-order valence-corrected chi connectivity index (χ3v) is 2.91. The molecule has 1 aromatic heterocycles. The minimum Gasteiger partial charge on any atom is -0.244 e. The molecule has 0 amide bonds.